The van der Waals surface area contributed by atoms with Crippen LogP contribution >= 0.6 is 23.2 Å². The Labute approximate surface area is 185 Å². The van der Waals surface area contributed by atoms with Gasteiger partial charge in [-0.25, -0.2) is 0 Å². The zero-order chi connectivity index (χ0) is 22.6. The van der Waals surface area contributed by atoms with Crippen molar-refractivity contribution in [1.29, 1.82) is 0 Å². The molecule has 0 N–H and O–H groups in total. The van der Waals surface area contributed by atoms with Crippen molar-refractivity contribution in [2.45, 2.75) is 12.1 Å². The van der Waals surface area contributed by atoms with Crippen molar-refractivity contribution in [2.75, 3.05) is 0 Å². The molecule has 0 heterocycles. The van der Waals surface area contributed by atoms with Crippen molar-refractivity contribution in [3.63, 3.8) is 0 Å². The van der Waals surface area contributed by atoms with Crippen molar-refractivity contribution >= 4 is 35.1 Å². The summed E-state index contributed by atoms with van der Waals surface area (Å²) in [6.45, 7) is 0. The summed E-state index contributed by atoms with van der Waals surface area (Å²) >= 11 is 11.6. The highest BCUT2D eigenvalue weighted by molar-refractivity contribution is 6.30. The molecule has 0 aliphatic rings. The van der Waals surface area contributed by atoms with Gasteiger partial charge in [-0.15, -0.1) is 0 Å². The normalized spacial score (nSPS) is 11.3. The van der Waals surface area contributed by atoms with Gasteiger partial charge in [-0.3, -0.25) is 9.59 Å². The summed E-state index contributed by atoms with van der Waals surface area (Å²) in [4.78, 5) is 25.6. The Morgan fingerprint density at radius 1 is 0.742 bits per heavy atom. The number of halogens is 5. The highest BCUT2D eigenvalue weighted by atomic mass is 35.5. The van der Waals surface area contributed by atoms with E-state index >= 15 is 0 Å². The fraction of sp³-hybridized carbons (Fsp3) is 0.0909. The van der Waals surface area contributed by atoms with Gasteiger partial charge >= 0.3 is 18.1 Å². The second kappa shape index (κ2) is 9.41. The molecule has 0 fully saturated rings. The molecule has 0 aliphatic carbocycles. The topological polar surface area (TPSA) is 52.6 Å². The maximum atomic E-state index is 13.1. The van der Waals surface area contributed by atoms with Crippen LogP contribution in [0.15, 0.2) is 72.8 Å². The van der Waals surface area contributed by atoms with Gasteiger partial charge in [0.25, 0.3) is 0 Å². The summed E-state index contributed by atoms with van der Waals surface area (Å²) in [6, 6.07) is 15.2. The Hall–Kier alpha value is -3.03. The molecule has 4 nitrogen and oxygen atoms in total. The third-order valence-corrected chi connectivity index (χ3v) is 4.59. The summed E-state index contributed by atoms with van der Waals surface area (Å²) < 4.78 is 49.8. The van der Waals surface area contributed by atoms with Crippen LogP contribution in [-0.2, 0) is 15.8 Å². The van der Waals surface area contributed by atoms with Crippen molar-refractivity contribution in [1.82, 2.24) is 0 Å². The first-order valence-electron chi connectivity index (χ1n) is 8.75. The van der Waals surface area contributed by atoms with Gasteiger partial charge in [-0.05, 0) is 60.2 Å². The standard InChI is InChI=1S/C22H13Cl2F3O4/c23-15-4-8-17(9-5-15)30-20(28)19(13-2-1-3-14(12-13)22(25,26)27)21(29)31-18-10-6-16(24)7-11-18/h1-12,19H. The van der Waals surface area contributed by atoms with Crippen molar-refractivity contribution < 1.29 is 32.2 Å². The first-order valence-corrected chi connectivity index (χ1v) is 9.51. The number of esters is 2. The third-order valence-electron chi connectivity index (χ3n) is 4.08. The van der Waals surface area contributed by atoms with Crippen LogP contribution in [0.2, 0.25) is 10.0 Å². The molecule has 0 spiro atoms. The Bertz CT molecular complexity index is 1020. The number of carbonyl (C=O) groups excluding carboxylic acids is 2. The molecule has 0 atom stereocenters. The SMILES string of the molecule is O=C(Oc1ccc(Cl)cc1)C(C(=O)Oc1ccc(Cl)cc1)c1cccc(C(F)(F)F)c1. The molecule has 0 aliphatic heterocycles. The highest BCUT2D eigenvalue weighted by Gasteiger charge is 2.36. The van der Waals surface area contributed by atoms with Gasteiger partial charge in [0.1, 0.15) is 11.5 Å². The summed E-state index contributed by atoms with van der Waals surface area (Å²) in [5.41, 5.74) is -1.25. The van der Waals surface area contributed by atoms with E-state index in [2.05, 4.69) is 0 Å². The van der Waals surface area contributed by atoms with E-state index in [1.54, 1.807) is 0 Å². The zero-order valence-electron chi connectivity index (χ0n) is 15.5. The fourth-order valence-electron chi connectivity index (χ4n) is 2.62. The zero-order valence-corrected chi connectivity index (χ0v) is 17.0. The lowest BCUT2D eigenvalue weighted by Gasteiger charge is -2.17. The van der Waals surface area contributed by atoms with E-state index in [1.165, 1.54) is 54.6 Å². The van der Waals surface area contributed by atoms with Crippen LogP contribution in [0, 0.1) is 0 Å². The number of hydrogen-bond acceptors (Lipinski definition) is 4. The molecule has 3 aromatic carbocycles. The van der Waals surface area contributed by atoms with Gasteiger partial charge in [0, 0.05) is 10.0 Å². The number of hydrogen-bond donors (Lipinski definition) is 0. The van der Waals surface area contributed by atoms with Crippen LogP contribution < -0.4 is 9.47 Å². The monoisotopic (exact) mass is 468 g/mol. The van der Waals surface area contributed by atoms with Crippen LogP contribution in [0.5, 0.6) is 11.5 Å². The maximum Gasteiger partial charge on any atom is 0.416 e. The molecule has 0 unspecified atom stereocenters. The molecule has 3 aromatic rings. The van der Waals surface area contributed by atoms with Gasteiger partial charge in [-0.1, -0.05) is 41.4 Å². The van der Waals surface area contributed by atoms with Gasteiger partial charge < -0.3 is 9.47 Å². The molecule has 9 heteroatoms. The summed E-state index contributed by atoms with van der Waals surface area (Å²) in [5, 5.41) is 0.771. The van der Waals surface area contributed by atoms with Crippen molar-refractivity contribution in [3.05, 3.63) is 94.0 Å². The summed E-state index contributed by atoms with van der Waals surface area (Å²) in [6.07, 6.45) is -4.67. The van der Waals surface area contributed by atoms with E-state index in [4.69, 9.17) is 32.7 Å². The molecule has 0 aromatic heterocycles. The maximum absolute atomic E-state index is 13.1. The summed E-state index contributed by atoms with van der Waals surface area (Å²) in [5.74, 6) is -3.87. The van der Waals surface area contributed by atoms with E-state index in [9.17, 15) is 22.8 Å². The third kappa shape index (κ3) is 5.99. The van der Waals surface area contributed by atoms with Crippen LogP contribution in [0.4, 0.5) is 13.2 Å². The van der Waals surface area contributed by atoms with E-state index in [-0.39, 0.29) is 17.1 Å². The second-order valence-corrected chi connectivity index (χ2v) is 7.18. The molecule has 0 bridgehead atoms. The van der Waals surface area contributed by atoms with E-state index in [0.29, 0.717) is 16.1 Å². The average Bonchev–Trinajstić information content (AvgIpc) is 2.71. The lowest BCUT2D eigenvalue weighted by molar-refractivity contribution is -0.147. The first kappa shape index (κ1) is 22.7. The predicted molar refractivity (Wildman–Crippen MR) is 108 cm³/mol. The number of rotatable bonds is 5. The van der Waals surface area contributed by atoms with Gasteiger partial charge in [-0.2, -0.15) is 13.2 Å². The van der Waals surface area contributed by atoms with Gasteiger partial charge in [0.05, 0.1) is 5.56 Å². The Kier molecular flexibility index (Phi) is 6.87. The predicted octanol–water partition coefficient (Wildman–Crippen LogP) is 6.31. The number of ether oxygens (including phenoxy) is 2. The van der Waals surface area contributed by atoms with Crippen molar-refractivity contribution in [3.8, 4) is 11.5 Å². The second-order valence-electron chi connectivity index (χ2n) is 6.31. The van der Waals surface area contributed by atoms with E-state index < -0.39 is 29.6 Å². The first-order chi connectivity index (χ1) is 14.6. The lowest BCUT2D eigenvalue weighted by Crippen LogP contribution is -2.30. The minimum Gasteiger partial charge on any atom is -0.426 e. The molecular formula is C22H13Cl2F3O4. The fourth-order valence-corrected chi connectivity index (χ4v) is 2.87. The van der Waals surface area contributed by atoms with Crippen LogP contribution in [0.3, 0.4) is 0 Å². The number of carbonyl (C=O) groups is 2. The Balaban J connectivity index is 1.94. The molecule has 0 amide bonds. The Morgan fingerprint density at radius 3 is 1.61 bits per heavy atom. The quantitative estimate of drug-likeness (QED) is 0.250. The van der Waals surface area contributed by atoms with Crippen LogP contribution in [0.1, 0.15) is 17.0 Å². The molecule has 3 rings (SSSR count). The van der Waals surface area contributed by atoms with Gasteiger partial charge in [0.2, 0.25) is 0 Å². The largest absolute Gasteiger partial charge is 0.426 e. The summed E-state index contributed by atoms with van der Waals surface area (Å²) in [7, 11) is 0. The van der Waals surface area contributed by atoms with Gasteiger partial charge in [0.15, 0.2) is 5.92 Å². The minimum atomic E-state index is -4.67. The Morgan fingerprint density at radius 2 is 1.19 bits per heavy atom. The van der Waals surface area contributed by atoms with E-state index in [0.717, 1.165) is 12.1 Å². The molecule has 160 valence electrons. The van der Waals surface area contributed by atoms with Crippen molar-refractivity contribution in [2.24, 2.45) is 0 Å². The molecule has 0 radical (unpaired) electrons. The number of benzene rings is 3. The molecule has 0 saturated carbocycles. The minimum absolute atomic E-state index is 0.0608. The highest BCUT2D eigenvalue weighted by Crippen LogP contribution is 2.32. The number of alkyl halides is 3. The molecule has 0 saturated heterocycles. The van der Waals surface area contributed by atoms with Crippen LogP contribution in [0.25, 0.3) is 0 Å². The smallest absolute Gasteiger partial charge is 0.416 e. The molecular weight excluding hydrogens is 456 g/mol. The average molecular weight is 469 g/mol. The molecule has 31 heavy (non-hydrogen) atoms. The van der Waals surface area contributed by atoms with Crippen LogP contribution in [-0.4, -0.2) is 11.9 Å². The lowest BCUT2D eigenvalue weighted by atomic mass is 9.97. The van der Waals surface area contributed by atoms with E-state index in [1.807, 2.05) is 0 Å².